The predicted molar refractivity (Wildman–Crippen MR) is 92.1 cm³/mol. The summed E-state index contributed by atoms with van der Waals surface area (Å²) in [5.41, 5.74) is 2.26. The first-order valence-corrected chi connectivity index (χ1v) is 8.57. The fraction of sp³-hybridized carbons (Fsp3) is 0.375. The molecule has 1 aromatic carbocycles. The van der Waals surface area contributed by atoms with Crippen LogP contribution in [0.5, 0.6) is 5.75 Å². The molecule has 1 unspecified atom stereocenters. The lowest BCUT2D eigenvalue weighted by Crippen LogP contribution is -2.22. The van der Waals surface area contributed by atoms with Crippen molar-refractivity contribution in [2.45, 2.75) is 32.1 Å². The van der Waals surface area contributed by atoms with E-state index in [0.717, 1.165) is 40.1 Å². The first-order chi connectivity index (χ1) is 10.2. The Bertz CT molecular complexity index is 663. The van der Waals surface area contributed by atoms with Crippen LogP contribution in [0.15, 0.2) is 24.3 Å². The predicted octanol–water partition coefficient (Wildman–Crippen LogP) is 4.41. The van der Waals surface area contributed by atoms with Crippen LogP contribution in [0.4, 0.5) is 0 Å². The molecule has 110 valence electrons. The Balaban J connectivity index is 1.91. The quantitative estimate of drug-likeness (QED) is 0.551. The van der Waals surface area contributed by atoms with Gasteiger partial charge in [0.15, 0.2) is 0 Å². The number of ether oxygens (including phenoxy) is 1. The summed E-state index contributed by atoms with van der Waals surface area (Å²) >= 11 is 8.50. The molecule has 3 nitrogen and oxygen atoms in total. The van der Waals surface area contributed by atoms with E-state index >= 15 is 0 Å². The third-order valence-corrected chi connectivity index (χ3v) is 5.35. The van der Waals surface area contributed by atoms with Crippen LogP contribution in [0.2, 0.25) is 5.15 Å². The zero-order chi connectivity index (χ0) is 14.8. The fourth-order valence-electron chi connectivity index (χ4n) is 2.56. The molecule has 0 radical (unpaired) electrons. The Morgan fingerprint density at radius 1 is 1.33 bits per heavy atom. The molecule has 0 spiro atoms. The topological polar surface area (TPSA) is 35.0 Å². The first kappa shape index (κ1) is 15.0. The van der Waals surface area contributed by atoms with E-state index in [9.17, 15) is 0 Å². The molecule has 0 amide bonds. The van der Waals surface area contributed by atoms with Gasteiger partial charge in [-0.3, -0.25) is 0 Å². The van der Waals surface area contributed by atoms with E-state index in [4.69, 9.17) is 21.3 Å². The van der Waals surface area contributed by atoms with Gasteiger partial charge >= 0.3 is 0 Å². The van der Waals surface area contributed by atoms with Crippen LogP contribution in [0.25, 0.3) is 0 Å². The molecule has 0 saturated heterocycles. The van der Waals surface area contributed by atoms with Gasteiger partial charge in [0.1, 0.15) is 16.7 Å². The molecule has 3 rings (SSSR count). The van der Waals surface area contributed by atoms with Gasteiger partial charge in [-0.25, -0.2) is 9.97 Å². The summed E-state index contributed by atoms with van der Waals surface area (Å²) < 4.78 is 6.80. The van der Waals surface area contributed by atoms with Crippen LogP contribution in [-0.2, 0) is 12.8 Å². The van der Waals surface area contributed by atoms with Crippen molar-refractivity contribution < 1.29 is 4.74 Å². The van der Waals surface area contributed by atoms with Crippen LogP contribution < -0.4 is 4.74 Å². The van der Waals surface area contributed by atoms with Crippen molar-refractivity contribution in [3.05, 3.63) is 50.1 Å². The number of hydrogen-bond donors (Lipinski definition) is 0. The average Bonchev–Trinajstić information content (AvgIpc) is 2.51. The summed E-state index contributed by atoms with van der Waals surface area (Å²) in [6, 6.07) is 8.14. The normalized spacial score (nSPS) is 17.2. The van der Waals surface area contributed by atoms with Crippen LogP contribution >= 0.6 is 34.2 Å². The number of rotatable bonds is 3. The molecule has 0 aliphatic carbocycles. The van der Waals surface area contributed by atoms with E-state index in [1.165, 1.54) is 5.56 Å². The molecule has 1 atom stereocenters. The lowest BCUT2D eigenvalue weighted by Gasteiger charge is -2.24. The highest BCUT2D eigenvalue weighted by atomic mass is 127. The lowest BCUT2D eigenvalue weighted by atomic mass is 9.96. The first-order valence-electron chi connectivity index (χ1n) is 7.11. The van der Waals surface area contributed by atoms with E-state index in [0.29, 0.717) is 11.8 Å². The van der Waals surface area contributed by atoms with Gasteiger partial charge in [0, 0.05) is 0 Å². The van der Waals surface area contributed by atoms with E-state index < -0.39 is 0 Å². The Morgan fingerprint density at radius 2 is 2.14 bits per heavy atom. The summed E-state index contributed by atoms with van der Waals surface area (Å²) in [6.07, 6.45) is 2.88. The van der Waals surface area contributed by atoms with Crippen molar-refractivity contribution in [3.63, 3.8) is 0 Å². The number of halogens is 2. The molecular weight excluding hydrogens is 399 g/mol. The monoisotopic (exact) mass is 414 g/mol. The summed E-state index contributed by atoms with van der Waals surface area (Å²) in [4.78, 5) is 9.22. The van der Waals surface area contributed by atoms with E-state index in [1.807, 2.05) is 18.2 Å². The minimum atomic E-state index is 0.171. The van der Waals surface area contributed by atoms with Crippen LogP contribution in [0.3, 0.4) is 0 Å². The standard InChI is InChI=1S/C16H16ClIN2O/c1-2-5-12-14(18)15(17)20-16(19-12)11-8-10-6-3-4-7-13(10)21-9-11/h3-4,6-7,11H,2,5,8-9H2,1H3. The Kier molecular flexibility index (Phi) is 4.64. The van der Waals surface area contributed by atoms with Gasteiger partial charge < -0.3 is 4.74 Å². The minimum Gasteiger partial charge on any atom is -0.493 e. The molecule has 0 N–H and O–H groups in total. The molecule has 1 aliphatic heterocycles. The fourth-order valence-corrected chi connectivity index (χ4v) is 3.27. The number of aromatic nitrogens is 2. The number of para-hydroxylation sites is 1. The Labute approximate surface area is 143 Å². The van der Waals surface area contributed by atoms with Crippen LogP contribution in [-0.4, -0.2) is 16.6 Å². The maximum atomic E-state index is 6.27. The van der Waals surface area contributed by atoms with Gasteiger partial charge in [-0.2, -0.15) is 0 Å². The number of fused-ring (bicyclic) bond motifs is 1. The van der Waals surface area contributed by atoms with Gasteiger partial charge in [-0.05, 0) is 47.1 Å². The van der Waals surface area contributed by atoms with Crippen molar-refractivity contribution >= 4 is 34.2 Å². The summed E-state index contributed by atoms with van der Waals surface area (Å²) in [7, 11) is 0. The Morgan fingerprint density at radius 3 is 2.95 bits per heavy atom. The largest absolute Gasteiger partial charge is 0.493 e. The molecule has 0 fully saturated rings. The average molecular weight is 415 g/mol. The summed E-state index contributed by atoms with van der Waals surface area (Å²) in [5, 5.41) is 0.558. The highest BCUT2D eigenvalue weighted by Crippen LogP contribution is 2.32. The zero-order valence-electron chi connectivity index (χ0n) is 11.8. The third-order valence-electron chi connectivity index (χ3n) is 3.63. The molecule has 2 aromatic rings. The summed E-state index contributed by atoms with van der Waals surface area (Å²) in [5.74, 6) is 1.95. The molecule has 0 bridgehead atoms. The molecule has 21 heavy (non-hydrogen) atoms. The van der Waals surface area contributed by atoms with E-state index in [2.05, 4.69) is 40.6 Å². The van der Waals surface area contributed by atoms with Crippen LogP contribution in [0, 0.1) is 3.57 Å². The van der Waals surface area contributed by atoms with Crippen molar-refractivity contribution in [2.24, 2.45) is 0 Å². The van der Waals surface area contributed by atoms with Crippen molar-refractivity contribution in [1.82, 2.24) is 9.97 Å². The van der Waals surface area contributed by atoms with E-state index in [1.54, 1.807) is 0 Å². The highest BCUT2D eigenvalue weighted by Gasteiger charge is 2.25. The molecule has 1 aliphatic rings. The van der Waals surface area contributed by atoms with Crippen molar-refractivity contribution in [3.8, 4) is 5.75 Å². The van der Waals surface area contributed by atoms with Gasteiger partial charge in [0.25, 0.3) is 0 Å². The van der Waals surface area contributed by atoms with Crippen molar-refractivity contribution in [1.29, 1.82) is 0 Å². The number of aryl methyl sites for hydroxylation is 1. The molecule has 0 saturated carbocycles. The van der Waals surface area contributed by atoms with Crippen molar-refractivity contribution in [2.75, 3.05) is 6.61 Å². The van der Waals surface area contributed by atoms with Gasteiger partial charge in [0.2, 0.25) is 0 Å². The van der Waals surface area contributed by atoms with Gasteiger partial charge in [-0.15, -0.1) is 0 Å². The third kappa shape index (κ3) is 3.16. The molecule has 1 aromatic heterocycles. The highest BCUT2D eigenvalue weighted by molar-refractivity contribution is 14.1. The zero-order valence-corrected chi connectivity index (χ0v) is 14.7. The molecule has 2 heterocycles. The number of benzene rings is 1. The van der Waals surface area contributed by atoms with Crippen LogP contribution in [0.1, 0.15) is 36.3 Å². The molecule has 5 heteroatoms. The summed E-state index contributed by atoms with van der Waals surface area (Å²) in [6.45, 7) is 2.76. The number of hydrogen-bond acceptors (Lipinski definition) is 3. The molecular formula is C16H16ClIN2O. The number of nitrogens with zero attached hydrogens (tertiary/aromatic N) is 2. The second-order valence-corrected chi connectivity index (χ2v) is 6.64. The maximum absolute atomic E-state index is 6.27. The minimum absolute atomic E-state index is 0.171. The Hall–Kier alpha value is -0.880. The second kappa shape index (κ2) is 6.48. The van der Waals surface area contributed by atoms with Gasteiger partial charge in [0.05, 0.1) is 21.8 Å². The lowest BCUT2D eigenvalue weighted by molar-refractivity contribution is 0.257. The van der Waals surface area contributed by atoms with E-state index in [-0.39, 0.29) is 5.92 Å². The smallest absolute Gasteiger partial charge is 0.146 e. The van der Waals surface area contributed by atoms with Gasteiger partial charge in [-0.1, -0.05) is 43.1 Å². The maximum Gasteiger partial charge on any atom is 0.146 e. The SMILES string of the molecule is CCCc1nc(C2COc3ccccc3C2)nc(Cl)c1I. The second-order valence-electron chi connectivity index (χ2n) is 5.20.